The molecule has 31 heavy (non-hydrogen) atoms. The largest absolute Gasteiger partial charge is 0.492 e. The average Bonchev–Trinajstić information content (AvgIpc) is 3.26. The third-order valence-electron chi connectivity index (χ3n) is 5.45. The average molecular weight is 423 g/mol. The van der Waals surface area contributed by atoms with Crippen molar-refractivity contribution in [2.24, 2.45) is 0 Å². The van der Waals surface area contributed by atoms with Crippen molar-refractivity contribution in [3.63, 3.8) is 0 Å². The Balaban J connectivity index is 1.43. The van der Waals surface area contributed by atoms with Crippen LogP contribution in [0.4, 0.5) is 17.1 Å². The molecule has 2 aromatic rings. The Bertz CT molecular complexity index is 1020. The fourth-order valence-corrected chi connectivity index (χ4v) is 3.93. The first-order chi connectivity index (χ1) is 15.0. The van der Waals surface area contributed by atoms with Gasteiger partial charge >= 0.3 is 5.97 Å². The van der Waals surface area contributed by atoms with Crippen LogP contribution >= 0.6 is 0 Å². The summed E-state index contributed by atoms with van der Waals surface area (Å²) < 4.78 is 10.9. The lowest BCUT2D eigenvalue weighted by molar-refractivity contribution is -0.123. The molecule has 2 atom stereocenters. The summed E-state index contributed by atoms with van der Waals surface area (Å²) in [6, 6.07) is 12.0. The van der Waals surface area contributed by atoms with Crippen LogP contribution in [-0.4, -0.2) is 43.1 Å². The molecule has 1 saturated heterocycles. The van der Waals surface area contributed by atoms with Gasteiger partial charge in [0.15, 0.2) is 6.10 Å². The molecule has 2 aliphatic heterocycles. The number of esters is 1. The number of carbonyl (C=O) groups excluding carboxylic acids is 3. The van der Waals surface area contributed by atoms with E-state index in [4.69, 9.17) is 9.47 Å². The van der Waals surface area contributed by atoms with Gasteiger partial charge in [-0.2, -0.15) is 0 Å². The molecule has 0 unspecified atom stereocenters. The van der Waals surface area contributed by atoms with E-state index in [0.29, 0.717) is 23.7 Å². The molecular weight excluding hydrogens is 398 g/mol. The van der Waals surface area contributed by atoms with Gasteiger partial charge in [0.1, 0.15) is 11.8 Å². The van der Waals surface area contributed by atoms with E-state index in [1.165, 1.54) is 6.92 Å². The fraction of sp³-hybridized carbons (Fsp3) is 0.348. The maximum atomic E-state index is 12.6. The lowest BCUT2D eigenvalue weighted by atomic mass is 10.1. The van der Waals surface area contributed by atoms with Crippen LogP contribution in [0.2, 0.25) is 0 Å². The third-order valence-corrected chi connectivity index (χ3v) is 5.45. The van der Waals surface area contributed by atoms with Crippen molar-refractivity contribution in [1.82, 2.24) is 0 Å². The van der Waals surface area contributed by atoms with Crippen LogP contribution in [0.15, 0.2) is 42.5 Å². The summed E-state index contributed by atoms with van der Waals surface area (Å²) in [5, 5.41) is 5.60. The monoisotopic (exact) mass is 423 g/mol. The van der Waals surface area contributed by atoms with E-state index >= 15 is 0 Å². The first-order valence-corrected chi connectivity index (χ1v) is 10.4. The van der Waals surface area contributed by atoms with Crippen molar-refractivity contribution < 1.29 is 23.9 Å². The standard InChI is InChI=1S/C23H25N3O5/c1-3-30-20-9-5-4-7-16(20)24-21(27)14(2)31-23(29)15-10-11-18-17(13-15)25-22(28)19-8-6-12-26(18)19/h4-5,7,9-11,13-14,19H,3,6,8,12H2,1-2H3,(H,24,27)(H,25,28)/t14-,19-/m1/s1. The molecule has 2 aromatic carbocycles. The first-order valence-electron chi connectivity index (χ1n) is 10.4. The summed E-state index contributed by atoms with van der Waals surface area (Å²) in [5.41, 5.74) is 2.26. The molecule has 0 spiro atoms. The normalized spacial score (nSPS) is 17.8. The van der Waals surface area contributed by atoms with Gasteiger partial charge in [0.05, 0.1) is 29.2 Å². The Hall–Kier alpha value is -3.55. The number of anilines is 3. The summed E-state index contributed by atoms with van der Waals surface area (Å²) in [4.78, 5) is 39.5. The van der Waals surface area contributed by atoms with Gasteiger partial charge in [-0.3, -0.25) is 9.59 Å². The van der Waals surface area contributed by atoms with Crippen LogP contribution < -0.4 is 20.3 Å². The van der Waals surface area contributed by atoms with Crippen LogP contribution in [-0.2, 0) is 14.3 Å². The lowest BCUT2D eigenvalue weighted by Gasteiger charge is -2.33. The van der Waals surface area contributed by atoms with Gasteiger partial charge in [0, 0.05) is 6.54 Å². The predicted molar refractivity (Wildman–Crippen MR) is 117 cm³/mol. The van der Waals surface area contributed by atoms with Gasteiger partial charge in [0.2, 0.25) is 5.91 Å². The van der Waals surface area contributed by atoms with Crippen LogP contribution in [0.3, 0.4) is 0 Å². The van der Waals surface area contributed by atoms with Crippen LogP contribution in [0.25, 0.3) is 0 Å². The number of nitrogens with zero attached hydrogens (tertiary/aromatic N) is 1. The number of carbonyl (C=O) groups is 3. The Labute approximate surface area is 180 Å². The maximum Gasteiger partial charge on any atom is 0.338 e. The van der Waals surface area contributed by atoms with Crippen molar-refractivity contribution in [2.75, 3.05) is 28.7 Å². The number of amides is 2. The molecule has 0 aromatic heterocycles. The summed E-state index contributed by atoms with van der Waals surface area (Å²) in [7, 11) is 0. The Morgan fingerprint density at radius 1 is 1.26 bits per heavy atom. The third kappa shape index (κ3) is 4.19. The number of para-hydroxylation sites is 2. The van der Waals surface area contributed by atoms with Gasteiger partial charge < -0.3 is 25.0 Å². The van der Waals surface area contributed by atoms with E-state index in [-0.39, 0.29) is 17.5 Å². The molecular formula is C23H25N3O5. The fourth-order valence-electron chi connectivity index (χ4n) is 3.93. The molecule has 4 rings (SSSR count). The Morgan fingerprint density at radius 3 is 2.87 bits per heavy atom. The summed E-state index contributed by atoms with van der Waals surface area (Å²) in [5.74, 6) is -0.619. The maximum absolute atomic E-state index is 12.6. The minimum atomic E-state index is -1.02. The highest BCUT2D eigenvalue weighted by molar-refractivity contribution is 6.06. The molecule has 2 N–H and O–H groups in total. The molecule has 0 aliphatic carbocycles. The molecule has 1 fully saturated rings. The van der Waals surface area contributed by atoms with Gasteiger partial charge in [-0.25, -0.2) is 4.79 Å². The second kappa shape index (κ2) is 8.67. The molecule has 8 nitrogen and oxygen atoms in total. The van der Waals surface area contributed by atoms with E-state index in [1.807, 2.05) is 19.1 Å². The van der Waals surface area contributed by atoms with Crippen LogP contribution in [0.1, 0.15) is 37.0 Å². The molecule has 0 saturated carbocycles. The number of hydrogen-bond acceptors (Lipinski definition) is 6. The van der Waals surface area contributed by atoms with Crippen LogP contribution in [0, 0.1) is 0 Å². The number of hydrogen-bond donors (Lipinski definition) is 2. The highest BCUT2D eigenvalue weighted by Gasteiger charge is 2.36. The molecule has 0 radical (unpaired) electrons. The van der Waals surface area contributed by atoms with E-state index in [1.54, 1.807) is 30.3 Å². The van der Waals surface area contributed by atoms with Crippen molar-refractivity contribution in [2.45, 2.75) is 38.8 Å². The topological polar surface area (TPSA) is 97.0 Å². The van der Waals surface area contributed by atoms with Gasteiger partial charge in [-0.1, -0.05) is 12.1 Å². The molecule has 2 heterocycles. The number of nitrogens with one attached hydrogen (secondary N) is 2. The Morgan fingerprint density at radius 2 is 2.06 bits per heavy atom. The van der Waals surface area contributed by atoms with Crippen molar-refractivity contribution in [3.8, 4) is 5.75 Å². The first kappa shape index (κ1) is 20.7. The zero-order valence-electron chi connectivity index (χ0n) is 17.5. The van der Waals surface area contributed by atoms with Gasteiger partial charge in [0.25, 0.3) is 5.91 Å². The minimum absolute atomic E-state index is 0.0590. The van der Waals surface area contributed by atoms with Crippen molar-refractivity contribution in [1.29, 1.82) is 0 Å². The zero-order valence-corrected chi connectivity index (χ0v) is 17.5. The molecule has 2 aliphatic rings. The summed E-state index contributed by atoms with van der Waals surface area (Å²) in [6.45, 7) is 4.64. The molecule has 2 amide bonds. The smallest absolute Gasteiger partial charge is 0.338 e. The lowest BCUT2D eigenvalue weighted by Crippen LogP contribution is -2.43. The summed E-state index contributed by atoms with van der Waals surface area (Å²) >= 11 is 0. The Kier molecular flexibility index (Phi) is 5.79. The van der Waals surface area contributed by atoms with Gasteiger partial charge in [-0.15, -0.1) is 0 Å². The minimum Gasteiger partial charge on any atom is -0.492 e. The number of rotatable bonds is 6. The van der Waals surface area contributed by atoms with E-state index < -0.39 is 18.0 Å². The number of ether oxygens (including phenoxy) is 2. The van der Waals surface area contributed by atoms with Gasteiger partial charge in [-0.05, 0) is 57.0 Å². The zero-order chi connectivity index (χ0) is 22.0. The van der Waals surface area contributed by atoms with Crippen molar-refractivity contribution >= 4 is 34.8 Å². The second-order valence-corrected chi connectivity index (χ2v) is 7.54. The summed E-state index contributed by atoms with van der Waals surface area (Å²) in [6.07, 6.45) is 0.768. The quantitative estimate of drug-likeness (QED) is 0.693. The van der Waals surface area contributed by atoms with E-state index in [9.17, 15) is 14.4 Å². The second-order valence-electron chi connectivity index (χ2n) is 7.54. The van der Waals surface area contributed by atoms with Crippen LogP contribution in [0.5, 0.6) is 5.75 Å². The molecule has 8 heteroatoms. The van der Waals surface area contributed by atoms with E-state index in [2.05, 4.69) is 15.5 Å². The van der Waals surface area contributed by atoms with E-state index in [0.717, 1.165) is 25.1 Å². The number of benzene rings is 2. The van der Waals surface area contributed by atoms with Crippen molar-refractivity contribution in [3.05, 3.63) is 48.0 Å². The predicted octanol–water partition coefficient (Wildman–Crippen LogP) is 3.19. The molecule has 162 valence electrons. The molecule has 0 bridgehead atoms. The highest BCUT2D eigenvalue weighted by atomic mass is 16.5. The SMILES string of the molecule is CCOc1ccccc1NC(=O)[C@@H](C)OC(=O)c1ccc2c(c1)NC(=O)[C@H]1CCCN21. The highest BCUT2D eigenvalue weighted by Crippen LogP contribution is 2.37. The number of fused-ring (bicyclic) bond motifs is 3.